The maximum Gasteiger partial charge on any atom is 0.118 e. The fourth-order valence-electron chi connectivity index (χ4n) is 1.02. The van der Waals surface area contributed by atoms with Crippen LogP contribution in [0.3, 0.4) is 0 Å². The topological polar surface area (TPSA) is 69.0 Å². The largest absolute Gasteiger partial charge is 0.508 e. The van der Waals surface area contributed by atoms with Gasteiger partial charge in [-0.15, -0.1) is 0 Å². The van der Waals surface area contributed by atoms with Crippen LogP contribution in [0.15, 0.2) is 23.3 Å². The molecule has 14 heavy (non-hydrogen) atoms. The first kappa shape index (κ1) is 10.5. The van der Waals surface area contributed by atoms with Crippen molar-refractivity contribution in [2.45, 2.75) is 6.92 Å². The van der Waals surface area contributed by atoms with Gasteiger partial charge in [-0.05, 0) is 35.7 Å². The summed E-state index contributed by atoms with van der Waals surface area (Å²) in [5.74, 6) is 0.236. The standard InChI is InChI=1S/C9H9N3OS/c1-6-4-7(2-3-8(6)13)9(14)5-11-12-10/h2-4,13H,5H2,1H3. The summed E-state index contributed by atoms with van der Waals surface area (Å²) in [6.45, 7) is 1.96. The van der Waals surface area contributed by atoms with Crippen LogP contribution in [0.25, 0.3) is 10.4 Å². The molecule has 1 aromatic carbocycles. The molecule has 0 radical (unpaired) electrons. The van der Waals surface area contributed by atoms with Gasteiger partial charge in [-0.1, -0.05) is 23.4 Å². The zero-order valence-corrected chi connectivity index (χ0v) is 8.45. The summed E-state index contributed by atoms with van der Waals surface area (Å²) in [6, 6.07) is 5.05. The Kier molecular flexibility index (Phi) is 3.45. The van der Waals surface area contributed by atoms with E-state index in [0.717, 1.165) is 11.1 Å². The Balaban J connectivity index is 2.91. The number of aromatic hydroxyl groups is 1. The van der Waals surface area contributed by atoms with Crippen molar-refractivity contribution in [2.24, 2.45) is 5.11 Å². The van der Waals surface area contributed by atoms with E-state index in [0.29, 0.717) is 4.86 Å². The summed E-state index contributed by atoms with van der Waals surface area (Å²) in [5.41, 5.74) is 9.68. The Bertz CT molecular complexity index is 411. The summed E-state index contributed by atoms with van der Waals surface area (Å²) in [7, 11) is 0. The maximum absolute atomic E-state index is 9.28. The van der Waals surface area contributed by atoms with Crippen LogP contribution in [-0.4, -0.2) is 16.5 Å². The highest BCUT2D eigenvalue weighted by atomic mass is 32.1. The Morgan fingerprint density at radius 3 is 2.93 bits per heavy atom. The normalized spacial score (nSPS) is 9.21. The Morgan fingerprint density at radius 2 is 2.36 bits per heavy atom. The molecular formula is C9H9N3OS. The highest BCUT2D eigenvalue weighted by Gasteiger charge is 2.02. The number of nitrogens with zero attached hydrogens (tertiary/aromatic N) is 3. The summed E-state index contributed by atoms with van der Waals surface area (Å²) in [5, 5.41) is 12.7. The van der Waals surface area contributed by atoms with Crippen LogP contribution < -0.4 is 0 Å². The van der Waals surface area contributed by atoms with Gasteiger partial charge in [0, 0.05) is 9.78 Å². The molecule has 1 aromatic rings. The molecule has 0 aliphatic heterocycles. The Labute approximate surface area is 86.8 Å². The van der Waals surface area contributed by atoms with Gasteiger partial charge >= 0.3 is 0 Å². The minimum atomic E-state index is 0.177. The number of thiocarbonyl (C=S) groups is 1. The first-order valence-electron chi connectivity index (χ1n) is 3.99. The minimum Gasteiger partial charge on any atom is -0.508 e. The lowest BCUT2D eigenvalue weighted by molar-refractivity contribution is 0.471. The third kappa shape index (κ3) is 2.45. The molecule has 0 fully saturated rings. The van der Waals surface area contributed by atoms with Crippen LogP contribution in [0.2, 0.25) is 0 Å². The van der Waals surface area contributed by atoms with E-state index >= 15 is 0 Å². The van der Waals surface area contributed by atoms with E-state index in [2.05, 4.69) is 10.0 Å². The van der Waals surface area contributed by atoms with Gasteiger partial charge in [-0.3, -0.25) is 0 Å². The van der Waals surface area contributed by atoms with E-state index in [4.69, 9.17) is 17.7 Å². The number of azide groups is 1. The second-order valence-electron chi connectivity index (χ2n) is 2.81. The number of hydrogen-bond acceptors (Lipinski definition) is 3. The second-order valence-corrected chi connectivity index (χ2v) is 3.31. The monoisotopic (exact) mass is 207 g/mol. The van der Waals surface area contributed by atoms with E-state index < -0.39 is 0 Å². The zero-order valence-electron chi connectivity index (χ0n) is 7.64. The molecule has 1 N–H and O–H groups in total. The third-order valence-electron chi connectivity index (χ3n) is 1.80. The minimum absolute atomic E-state index is 0.177. The maximum atomic E-state index is 9.28. The van der Waals surface area contributed by atoms with Crippen LogP contribution in [0.5, 0.6) is 5.75 Å². The molecule has 0 unspecified atom stereocenters. The van der Waals surface area contributed by atoms with Crippen LogP contribution in [0.1, 0.15) is 11.1 Å². The molecule has 1 rings (SSSR count). The lowest BCUT2D eigenvalue weighted by atomic mass is 10.1. The van der Waals surface area contributed by atoms with Crippen molar-refractivity contribution >= 4 is 17.1 Å². The number of aryl methyl sites for hydroxylation is 1. The van der Waals surface area contributed by atoms with Crippen LogP contribution in [-0.2, 0) is 0 Å². The average Bonchev–Trinajstić information content (AvgIpc) is 2.18. The molecule has 0 spiro atoms. The molecule has 0 bridgehead atoms. The molecule has 72 valence electrons. The first-order valence-corrected chi connectivity index (χ1v) is 4.39. The van der Waals surface area contributed by atoms with E-state index in [1.165, 1.54) is 0 Å². The van der Waals surface area contributed by atoms with Crippen molar-refractivity contribution in [1.82, 2.24) is 0 Å². The molecule has 0 heterocycles. The van der Waals surface area contributed by atoms with Gasteiger partial charge in [0.1, 0.15) is 5.75 Å². The van der Waals surface area contributed by atoms with Gasteiger partial charge in [-0.25, -0.2) is 0 Å². The third-order valence-corrected chi connectivity index (χ3v) is 2.16. The number of phenols is 1. The zero-order chi connectivity index (χ0) is 10.6. The van der Waals surface area contributed by atoms with Gasteiger partial charge in [0.2, 0.25) is 0 Å². The molecule has 0 aliphatic carbocycles. The van der Waals surface area contributed by atoms with Crippen molar-refractivity contribution in [3.8, 4) is 5.75 Å². The molecular weight excluding hydrogens is 198 g/mol. The number of benzene rings is 1. The lowest BCUT2D eigenvalue weighted by Gasteiger charge is -2.03. The average molecular weight is 207 g/mol. The Morgan fingerprint density at radius 1 is 1.64 bits per heavy atom. The van der Waals surface area contributed by atoms with Gasteiger partial charge in [0.15, 0.2) is 0 Å². The van der Waals surface area contributed by atoms with Crippen molar-refractivity contribution in [3.05, 3.63) is 39.8 Å². The smallest absolute Gasteiger partial charge is 0.118 e. The van der Waals surface area contributed by atoms with Gasteiger partial charge in [-0.2, -0.15) is 0 Å². The number of rotatable bonds is 3. The van der Waals surface area contributed by atoms with Crippen molar-refractivity contribution in [2.75, 3.05) is 6.54 Å². The fourth-order valence-corrected chi connectivity index (χ4v) is 1.20. The molecule has 4 nitrogen and oxygen atoms in total. The van der Waals surface area contributed by atoms with E-state index in [-0.39, 0.29) is 12.3 Å². The molecule has 0 amide bonds. The van der Waals surface area contributed by atoms with Crippen LogP contribution in [0.4, 0.5) is 0 Å². The highest BCUT2D eigenvalue weighted by Crippen LogP contribution is 2.17. The number of hydrogen-bond donors (Lipinski definition) is 1. The van der Waals surface area contributed by atoms with E-state index in [1.807, 2.05) is 0 Å². The highest BCUT2D eigenvalue weighted by molar-refractivity contribution is 7.80. The molecule has 0 aromatic heterocycles. The SMILES string of the molecule is Cc1cc(C(=S)CN=[N+]=[N-])ccc1O. The molecule has 0 saturated heterocycles. The fraction of sp³-hybridized carbons (Fsp3) is 0.222. The molecule has 0 atom stereocenters. The van der Waals surface area contributed by atoms with Gasteiger partial charge in [0.25, 0.3) is 0 Å². The predicted octanol–water partition coefficient (Wildman–Crippen LogP) is 2.73. The second kappa shape index (κ2) is 4.60. The summed E-state index contributed by atoms with van der Waals surface area (Å²) < 4.78 is 0. The summed E-state index contributed by atoms with van der Waals surface area (Å²) in [6.07, 6.45) is 0. The molecule has 0 aliphatic rings. The number of phenolic OH excluding ortho intramolecular Hbond substituents is 1. The Hall–Kier alpha value is -1.58. The predicted molar refractivity (Wildman–Crippen MR) is 58.6 cm³/mol. The quantitative estimate of drug-likeness (QED) is 0.272. The van der Waals surface area contributed by atoms with Crippen LogP contribution >= 0.6 is 12.2 Å². The first-order chi connectivity index (χ1) is 6.65. The van der Waals surface area contributed by atoms with Gasteiger partial charge in [0.05, 0.1) is 6.54 Å². The lowest BCUT2D eigenvalue weighted by Crippen LogP contribution is -2.00. The molecule has 0 saturated carbocycles. The van der Waals surface area contributed by atoms with Crippen molar-refractivity contribution < 1.29 is 5.11 Å². The van der Waals surface area contributed by atoms with Gasteiger partial charge < -0.3 is 5.11 Å². The van der Waals surface area contributed by atoms with Crippen LogP contribution in [0, 0.1) is 6.92 Å². The summed E-state index contributed by atoms with van der Waals surface area (Å²) >= 11 is 5.04. The van der Waals surface area contributed by atoms with Crippen molar-refractivity contribution in [1.29, 1.82) is 0 Å². The van der Waals surface area contributed by atoms with E-state index in [9.17, 15) is 5.11 Å². The molecule has 5 heteroatoms. The summed E-state index contributed by atoms with van der Waals surface area (Å²) in [4.78, 5) is 3.20. The van der Waals surface area contributed by atoms with Crippen molar-refractivity contribution in [3.63, 3.8) is 0 Å². The van der Waals surface area contributed by atoms with E-state index in [1.54, 1.807) is 25.1 Å².